The van der Waals surface area contributed by atoms with Crippen LogP contribution in [0.5, 0.6) is 0 Å². The Balaban J connectivity index is 1.49. The van der Waals surface area contributed by atoms with E-state index in [4.69, 9.17) is 25.6 Å². The molecule has 4 rings (SSSR count). The van der Waals surface area contributed by atoms with Crippen molar-refractivity contribution in [1.82, 2.24) is 14.4 Å². The number of carbonyl (C=O) groups is 1. The van der Waals surface area contributed by atoms with Gasteiger partial charge in [-0.05, 0) is 43.5 Å². The molecular formula is C20H20ClN3O6S2. The molecule has 1 aliphatic rings. The van der Waals surface area contributed by atoms with Crippen molar-refractivity contribution in [2.24, 2.45) is 0 Å². The predicted octanol–water partition coefficient (Wildman–Crippen LogP) is 3.61. The van der Waals surface area contributed by atoms with Crippen LogP contribution in [0.2, 0.25) is 5.02 Å². The zero-order chi connectivity index (χ0) is 22.9. The molecule has 32 heavy (non-hydrogen) atoms. The fourth-order valence-corrected chi connectivity index (χ4v) is 6.04. The van der Waals surface area contributed by atoms with Gasteiger partial charge in [0.15, 0.2) is 6.61 Å². The highest BCUT2D eigenvalue weighted by Crippen LogP contribution is 2.28. The van der Waals surface area contributed by atoms with Crippen molar-refractivity contribution in [1.29, 1.82) is 0 Å². The number of ether oxygens (including phenoxy) is 2. The van der Waals surface area contributed by atoms with Gasteiger partial charge in [-0.1, -0.05) is 16.8 Å². The topological polar surface area (TPSA) is 112 Å². The number of thiophene rings is 1. The maximum atomic E-state index is 13.2. The second-order valence-electron chi connectivity index (χ2n) is 7.33. The minimum atomic E-state index is -3.93. The van der Waals surface area contributed by atoms with Crippen molar-refractivity contribution >= 4 is 38.9 Å². The maximum Gasteiger partial charge on any atom is 0.338 e. The molecule has 2 aromatic heterocycles. The lowest BCUT2D eigenvalue weighted by atomic mass is 10.2. The van der Waals surface area contributed by atoms with E-state index in [0.29, 0.717) is 5.89 Å². The molecule has 9 nitrogen and oxygen atoms in total. The highest BCUT2D eigenvalue weighted by Gasteiger charge is 2.34. The molecule has 0 amide bonds. The summed E-state index contributed by atoms with van der Waals surface area (Å²) in [6.07, 6.45) is -0.510. The van der Waals surface area contributed by atoms with E-state index in [2.05, 4.69) is 10.1 Å². The molecular weight excluding hydrogens is 478 g/mol. The summed E-state index contributed by atoms with van der Waals surface area (Å²) in [6.45, 7) is 3.77. The number of sulfonamides is 1. The van der Waals surface area contributed by atoms with Gasteiger partial charge in [-0.15, -0.1) is 0 Å². The molecule has 2 unspecified atom stereocenters. The third-order valence-corrected chi connectivity index (χ3v) is 7.74. The number of esters is 1. The molecule has 0 bridgehead atoms. The maximum absolute atomic E-state index is 13.2. The van der Waals surface area contributed by atoms with Crippen LogP contribution < -0.4 is 0 Å². The van der Waals surface area contributed by atoms with Crippen LogP contribution in [-0.4, -0.2) is 54.1 Å². The van der Waals surface area contributed by atoms with Crippen molar-refractivity contribution in [2.45, 2.75) is 37.6 Å². The Morgan fingerprint density at radius 2 is 2.03 bits per heavy atom. The van der Waals surface area contributed by atoms with E-state index in [1.807, 2.05) is 16.8 Å². The van der Waals surface area contributed by atoms with E-state index in [0.717, 1.165) is 5.56 Å². The number of rotatable bonds is 6. The quantitative estimate of drug-likeness (QED) is 0.475. The molecule has 1 aliphatic heterocycles. The average molecular weight is 498 g/mol. The van der Waals surface area contributed by atoms with E-state index in [9.17, 15) is 13.2 Å². The number of nitrogens with zero attached hydrogens (tertiary/aromatic N) is 3. The van der Waals surface area contributed by atoms with Crippen molar-refractivity contribution in [3.05, 3.63) is 51.4 Å². The number of benzene rings is 1. The smallest absolute Gasteiger partial charge is 0.338 e. The predicted molar refractivity (Wildman–Crippen MR) is 117 cm³/mol. The van der Waals surface area contributed by atoms with Gasteiger partial charge in [0.2, 0.25) is 15.8 Å². The SMILES string of the molecule is CC1CN(S(=O)(=O)c2cc(C(=O)OCc3noc(-c4ccsc4)n3)ccc2Cl)CC(C)O1. The van der Waals surface area contributed by atoms with Crippen molar-refractivity contribution < 1.29 is 27.2 Å². The van der Waals surface area contributed by atoms with E-state index in [1.54, 1.807) is 13.8 Å². The summed E-state index contributed by atoms with van der Waals surface area (Å²) in [5.74, 6) is -0.215. The molecule has 3 heterocycles. The number of morpholine rings is 1. The Bertz CT molecular complexity index is 1200. The Labute approximate surface area is 193 Å². The molecule has 1 aromatic carbocycles. The summed E-state index contributed by atoms with van der Waals surface area (Å²) >= 11 is 7.67. The van der Waals surface area contributed by atoms with Crippen LogP contribution in [0.4, 0.5) is 0 Å². The summed E-state index contributed by atoms with van der Waals surface area (Å²) in [7, 11) is -3.93. The lowest BCUT2D eigenvalue weighted by molar-refractivity contribution is -0.0440. The van der Waals surface area contributed by atoms with Gasteiger partial charge >= 0.3 is 5.97 Å². The third-order valence-electron chi connectivity index (χ3n) is 4.74. The van der Waals surface area contributed by atoms with Gasteiger partial charge in [0, 0.05) is 18.5 Å². The van der Waals surface area contributed by atoms with Gasteiger partial charge in [0.1, 0.15) is 4.90 Å². The first kappa shape index (κ1) is 22.9. The fraction of sp³-hybridized carbons (Fsp3) is 0.350. The van der Waals surface area contributed by atoms with Crippen LogP contribution in [0.15, 0.2) is 44.4 Å². The van der Waals surface area contributed by atoms with Crippen LogP contribution in [0.25, 0.3) is 11.5 Å². The first-order valence-electron chi connectivity index (χ1n) is 9.71. The first-order chi connectivity index (χ1) is 15.2. The summed E-state index contributed by atoms with van der Waals surface area (Å²) in [6, 6.07) is 5.82. The lowest BCUT2D eigenvalue weighted by Crippen LogP contribution is -2.48. The number of hydrogen-bond acceptors (Lipinski definition) is 9. The number of halogens is 1. The summed E-state index contributed by atoms with van der Waals surface area (Å²) in [4.78, 5) is 16.6. The Morgan fingerprint density at radius 1 is 1.28 bits per heavy atom. The highest BCUT2D eigenvalue weighted by atomic mass is 35.5. The van der Waals surface area contributed by atoms with Gasteiger partial charge in [-0.2, -0.15) is 20.6 Å². The fourth-order valence-electron chi connectivity index (χ4n) is 3.32. The zero-order valence-corrected chi connectivity index (χ0v) is 19.6. The van der Waals surface area contributed by atoms with Gasteiger partial charge in [0.25, 0.3) is 5.89 Å². The van der Waals surface area contributed by atoms with Crippen LogP contribution in [0.3, 0.4) is 0 Å². The molecule has 2 atom stereocenters. The largest absolute Gasteiger partial charge is 0.454 e. The third kappa shape index (κ3) is 4.86. The Hall–Kier alpha value is -2.31. The van der Waals surface area contributed by atoms with Crippen LogP contribution >= 0.6 is 22.9 Å². The minimum Gasteiger partial charge on any atom is -0.454 e. The van der Waals surface area contributed by atoms with Crippen molar-refractivity contribution in [2.75, 3.05) is 13.1 Å². The second-order valence-corrected chi connectivity index (χ2v) is 10.4. The normalized spacial score (nSPS) is 19.7. The number of hydrogen-bond donors (Lipinski definition) is 0. The monoisotopic (exact) mass is 497 g/mol. The van der Waals surface area contributed by atoms with Gasteiger partial charge in [0.05, 0.1) is 28.4 Å². The highest BCUT2D eigenvalue weighted by molar-refractivity contribution is 7.89. The standard InChI is InChI=1S/C20H20ClN3O6S2/c1-12-8-24(9-13(2)29-12)32(26,27)17-7-14(3-4-16(17)21)20(25)28-10-18-22-19(30-23-18)15-5-6-31-11-15/h3-7,11-13H,8-10H2,1-2H3. The second kappa shape index (κ2) is 9.28. The average Bonchev–Trinajstić information content (AvgIpc) is 3.43. The summed E-state index contributed by atoms with van der Waals surface area (Å²) < 4.78 is 43.7. The minimum absolute atomic E-state index is 0.0203. The molecule has 0 aliphatic carbocycles. The first-order valence-corrected chi connectivity index (χ1v) is 12.5. The van der Waals surface area contributed by atoms with Crippen LogP contribution in [0, 0.1) is 0 Å². The molecule has 0 spiro atoms. The van der Waals surface area contributed by atoms with E-state index in [-0.39, 0.29) is 53.2 Å². The summed E-state index contributed by atoms with van der Waals surface area (Å²) in [5, 5.41) is 7.54. The van der Waals surface area contributed by atoms with Gasteiger partial charge in [-0.25, -0.2) is 13.2 Å². The van der Waals surface area contributed by atoms with Crippen LogP contribution in [0.1, 0.15) is 30.0 Å². The molecule has 1 saturated heterocycles. The van der Waals surface area contributed by atoms with Crippen LogP contribution in [-0.2, 0) is 26.1 Å². The van der Waals surface area contributed by atoms with Crippen molar-refractivity contribution in [3.63, 3.8) is 0 Å². The number of carbonyl (C=O) groups excluding carboxylic acids is 1. The lowest BCUT2D eigenvalue weighted by Gasteiger charge is -2.34. The molecule has 0 N–H and O–H groups in total. The Morgan fingerprint density at radius 3 is 2.72 bits per heavy atom. The van der Waals surface area contributed by atoms with E-state index in [1.165, 1.54) is 33.8 Å². The van der Waals surface area contributed by atoms with Gasteiger partial charge in [-0.3, -0.25) is 0 Å². The molecule has 0 radical (unpaired) electrons. The summed E-state index contributed by atoms with van der Waals surface area (Å²) in [5.41, 5.74) is 0.822. The van der Waals surface area contributed by atoms with Crippen molar-refractivity contribution in [3.8, 4) is 11.5 Å². The molecule has 170 valence electrons. The zero-order valence-electron chi connectivity index (χ0n) is 17.2. The molecule has 1 fully saturated rings. The molecule has 0 saturated carbocycles. The number of aromatic nitrogens is 2. The van der Waals surface area contributed by atoms with Gasteiger partial charge < -0.3 is 14.0 Å². The molecule has 3 aromatic rings. The Kier molecular flexibility index (Phi) is 6.63. The van der Waals surface area contributed by atoms with E-state index < -0.39 is 16.0 Å². The molecule has 12 heteroatoms. The van der Waals surface area contributed by atoms with E-state index >= 15 is 0 Å².